The highest BCUT2D eigenvalue weighted by Crippen LogP contribution is 2.14. The summed E-state index contributed by atoms with van der Waals surface area (Å²) in [5.41, 5.74) is 0. The fraction of sp³-hybridized carbons (Fsp3) is 1.00. The second-order valence-corrected chi connectivity index (χ2v) is 3.32. The third kappa shape index (κ3) is 9.84. The van der Waals surface area contributed by atoms with Gasteiger partial charge in [-0.2, -0.15) is 0 Å². The Hall–Kier alpha value is -0.0800. The third-order valence-corrected chi connectivity index (χ3v) is 2.21. The maximum absolute atomic E-state index is 8.85. The van der Waals surface area contributed by atoms with E-state index in [2.05, 4.69) is 6.92 Å². The molecule has 2 nitrogen and oxygen atoms in total. The van der Waals surface area contributed by atoms with Gasteiger partial charge in [-0.25, -0.2) is 0 Å². The molecule has 0 amide bonds. The first-order chi connectivity index (χ1) is 6.24. The molecular weight excluding hydrogens is 164 g/mol. The van der Waals surface area contributed by atoms with Gasteiger partial charge in [0.25, 0.3) is 0 Å². The highest BCUT2D eigenvalue weighted by Gasteiger charge is 2.06. The van der Waals surface area contributed by atoms with Gasteiger partial charge in [0.2, 0.25) is 0 Å². The summed E-state index contributed by atoms with van der Waals surface area (Å²) in [6.45, 7) is 8.67. The van der Waals surface area contributed by atoms with Crippen molar-refractivity contribution in [1.82, 2.24) is 0 Å². The lowest BCUT2D eigenvalue weighted by atomic mass is 9.96. The molecule has 13 heavy (non-hydrogen) atoms. The van der Waals surface area contributed by atoms with Crippen molar-refractivity contribution < 1.29 is 10.2 Å². The summed E-state index contributed by atoms with van der Waals surface area (Å²) in [5.74, 6) is 0.819. The SMILES string of the molecule is CC.CCC(CO)CCC(C)CO. The van der Waals surface area contributed by atoms with Crippen LogP contribution in [0.2, 0.25) is 0 Å². The van der Waals surface area contributed by atoms with Crippen LogP contribution in [0, 0.1) is 11.8 Å². The summed E-state index contributed by atoms with van der Waals surface area (Å²) in [7, 11) is 0. The summed E-state index contributed by atoms with van der Waals surface area (Å²) in [4.78, 5) is 0. The van der Waals surface area contributed by atoms with Crippen LogP contribution >= 0.6 is 0 Å². The Bertz CT molecular complexity index is 80.2. The number of aliphatic hydroxyl groups is 2. The van der Waals surface area contributed by atoms with Crippen molar-refractivity contribution in [3.63, 3.8) is 0 Å². The van der Waals surface area contributed by atoms with Gasteiger partial charge >= 0.3 is 0 Å². The lowest BCUT2D eigenvalue weighted by Crippen LogP contribution is -2.08. The fourth-order valence-corrected chi connectivity index (χ4v) is 1.04. The van der Waals surface area contributed by atoms with Crippen LogP contribution in [0.5, 0.6) is 0 Å². The summed E-state index contributed by atoms with van der Waals surface area (Å²) >= 11 is 0. The highest BCUT2D eigenvalue weighted by molar-refractivity contribution is 4.58. The molecule has 0 fully saturated rings. The van der Waals surface area contributed by atoms with Crippen LogP contribution in [-0.4, -0.2) is 23.4 Å². The van der Waals surface area contributed by atoms with E-state index in [0.717, 1.165) is 19.3 Å². The van der Waals surface area contributed by atoms with E-state index in [9.17, 15) is 0 Å². The maximum atomic E-state index is 8.85. The van der Waals surface area contributed by atoms with Gasteiger partial charge in [-0.1, -0.05) is 34.1 Å². The average molecular weight is 190 g/mol. The van der Waals surface area contributed by atoms with Crippen LogP contribution < -0.4 is 0 Å². The third-order valence-electron chi connectivity index (χ3n) is 2.21. The van der Waals surface area contributed by atoms with Gasteiger partial charge in [0.1, 0.15) is 0 Å². The minimum absolute atomic E-state index is 0.266. The molecule has 0 saturated carbocycles. The Kier molecular flexibility index (Phi) is 14.1. The van der Waals surface area contributed by atoms with Gasteiger partial charge in [0.15, 0.2) is 0 Å². The zero-order chi connectivity index (χ0) is 10.7. The summed E-state index contributed by atoms with van der Waals surface area (Å²) in [6, 6.07) is 0. The summed E-state index contributed by atoms with van der Waals surface area (Å²) in [5, 5.41) is 17.6. The Morgan fingerprint density at radius 1 is 1.00 bits per heavy atom. The van der Waals surface area contributed by atoms with E-state index in [1.54, 1.807) is 0 Å². The van der Waals surface area contributed by atoms with E-state index in [0.29, 0.717) is 11.8 Å². The molecule has 2 N–H and O–H groups in total. The summed E-state index contributed by atoms with van der Waals surface area (Å²) < 4.78 is 0. The van der Waals surface area contributed by atoms with Crippen molar-refractivity contribution in [2.75, 3.05) is 13.2 Å². The Balaban J connectivity index is 0. The van der Waals surface area contributed by atoms with Gasteiger partial charge < -0.3 is 10.2 Å². The van der Waals surface area contributed by atoms with Crippen molar-refractivity contribution in [1.29, 1.82) is 0 Å². The van der Waals surface area contributed by atoms with Crippen LogP contribution in [0.4, 0.5) is 0 Å². The Morgan fingerprint density at radius 3 is 1.85 bits per heavy atom. The van der Waals surface area contributed by atoms with Crippen LogP contribution in [0.25, 0.3) is 0 Å². The molecule has 0 aromatic carbocycles. The van der Waals surface area contributed by atoms with Crippen LogP contribution in [0.3, 0.4) is 0 Å². The van der Waals surface area contributed by atoms with Crippen molar-refractivity contribution in [3.8, 4) is 0 Å². The zero-order valence-corrected chi connectivity index (χ0v) is 9.58. The molecule has 0 rings (SSSR count). The molecule has 0 bridgehead atoms. The Labute approximate surface area is 83.0 Å². The number of hydrogen-bond acceptors (Lipinski definition) is 2. The summed E-state index contributed by atoms with van der Waals surface area (Å²) in [6.07, 6.45) is 3.10. The van der Waals surface area contributed by atoms with Crippen LogP contribution in [-0.2, 0) is 0 Å². The van der Waals surface area contributed by atoms with Crippen LogP contribution in [0.1, 0.15) is 47.0 Å². The Morgan fingerprint density at radius 2 is 1.54 bits per heavy atom. The van der Waals surface area contributed by atoms with E-state index >= 15 is 0 Å². The molecule has 0 heterocycles. The molecule has 2 unspecified atom stereocenters. The quantitative estimate of drug-likeness (QED) is 0.675. The molecule has 0 aliphatic heterocycles. The smallest absolute Gasteiger partial charge is 0.0459 e. The second-order valence-electron chi connectivity index (χ2n) is 3.32. The van der Waals surface area contributed by atoms with E-state index in [1.165, 1.54) is 0 Å². The standard InChI is InChI=1S/C9H20O2.C2H6/c1-3-9(7-11)5-4-8(2)6-10;1-2/h8-11H,3-7H2,1-2H3;1-2H3. The number of hydrogen-bond donors (Lipinski definition) is 2. The van der Waals surface area contributed by atoms with Crippen molar-refractivity contribution >= 4 is 0 Å². The highest BCUT2D eigenvalue weighted by atomic mass is 16.3. The van der Waals surface area contributed by atoms with Crippen molar-refractivity contribution in [2.45, 2.75) is 47.0 Å². The number of rotatable bonds is 6. The maximum Gasteiger partial charge on any atom is 0.0459 e. The molecule has 0 aliphatic rings. The second kappa shape index (κ2) is 11.9. The molecule has 0 spiro atoms. The van der Waals surface area contributed by atoms with E-state index in [-0.39, 0.29) is 13.2 Å². The predicted molar refractivity (Wildman–Crippen MR) is 57.7 cm³/mol. The van der Waals surface area contributed by atoms with Gasteiger partial charge in [0.05, 0.1) is 0 Å². The lowest BCUT2D eigenvalue weighted by Gasteiger charge is -2.13. The number of aliphatic hydroxyl groups excluding tert-OH is 2. The molecule has 2 atom stereocenters. The van der Waals surface area contributed by atoms with Crippen molar-refractivity contribution in [3.05, 3.63) is 0 Å². The molecule has 0 aromatic heterocycles. The molecule has 0 aliphatic carbocycles. The fourth-order valence-electron chi connectivity index (χ4n) is 1.04. The lowest BCUT2D eigenvalue weighted by molar-refractivity contribution is 0.187. The predicted octanol–water partition coefficient (Wildman–Crippen LogP) is 2.44. The van der Waals surface area contributed by atoms with Crippen molar-refractivity contribution in [2.24, 2.45) is 11.8 Å². The average Bonchev–Trinajstić information content (AvgIpc) is 2.22. The first-order valence-electron chi connectivity index (χ1n) is 5.46. The van der Waals surface area contributed by atoms with Gasteiger partial charge in [-0.15, -0.1) is 0 Å². The van der Waals surface area contributed by atoms with E-state index in [1.807, 2.05) is 20.8 Å². The van der Waals surface area contributed by atoms with Gasteiger partial charge in [0, 0.05) is 13.2 Å². The normalized spacial score (nSPS) is 14.3. The minimum Gasteiger partial charge on any atom is -0.396 e. The topological polar surface area (TPSA) is 40.5 Å². The first kappa shape index (κ1) is 15.4. The molecule has 0 radical (unpaired) electrons. The van der Waals surface area contributed by atoms with Gasteiger partial charge in [-0.05, 0) is 24.7 Å². The first-order valence-corrected chi connectivity index (χ1v) is 5.46. The largest absolute Gasteiger partial charge is 0.396 e. The molecule has 82 valence electrons. The molecule has 0 aromatic rings. The van der Waals surface area contributed by atoms with E-state index in [4.69, 9.17) is 10.2 Å². The molecule has 0 saturated heterocycles. The van der Waals surface area contributed by atoms with E-state index < -0.39 is 0 Å². The molecular formula is C11H26O2. The van der Waals surface area contributed by atoms with Gasteiger partial charge in [-0.3, -0.25) is 0 Å². The van der Waals surface area contributed by atoms with Crippen LogP contribution in [0.15, 0.2) is 0 Å². The monoisotopic (exact) mass is 190 g/mol. The molecule has 2 heteroatoms. The minimum atomic E-state index is 0.266. The zero-order valence-electron chi connectivity index (χ0n) is 9.58.